The average Bonchev–Trinajstić information content (AvgIpc) is 2.44. The summed E-state index contributed by atoms with van der Waals surface area (Å²) >= 11 is 5.83. The van der Waals surface area contributed by atoms with Crippen LogP contribution in [0.25, 0.3) is 0 Å². The number of carboxylic acids is 1. The molecule has 21 heavy (non-hydrogen) atoms. The minimum Gasteiger partial charge on any atom is -0.478 e. The van der Waals surface area contributed by atoms with Gasteiger partial charge < -0.3 is 5.11 Å². The van der Waals surface area contributed by atoms with E-state index in [1.807, 2.05) is 20.8 Å². The van der Waals surface area contributed by atoms with E-state index in [-0.39, 0.29) is 15.5 Å². The second kappa shape index (κ2) is 6.77. The summed E-state index contributed by atoms with van der Waals surface area (Å²) in [7, 11) is -3.75. The third kappa shape index (κ3) is 3.96. The van der Waals surface area contributed by atoms with Crippen LogP contribution in [0.3, 0.4) is 0 Å². The normalized spacial score (nSPS) is 12.4. The van der Waals surface area contributed by atoms with E-state index in [2.05, 4.69) is 4.72 Å². The molecule has 0 atom stereocenters. The molecule has 0 saturated carbocycles. The molecule has 118 valence electrons. The fourth-order valence-corrected chi connectivity index (χ4v) is 4.11. The van der Waals surface area contributed by atoms with E-state index < -0.39 is 21.5 Å². The Kier molecular flexibility index (Phi) is 5.78. The van der Waals surface area contributed by atoms with Gasteiger partial charge in [0.1, 0.15) is 0 Å². The van der Waals surface area contributed by atoms with Gasteiger partial charge in [0.25, 0.3) is 0 Å². The topological polar surface area (TPSA) is 83.5 Å². The van der Waals surface area contributed by atoms with Gasteiger partial charge in [-0.3, -0.25) is 0 Å². The van der Waals surface area contributed by atoms with Crippen molar-refractivity contribution in [1.82, 2.24) is 4.72 Å². The zero-order valence-electron chi connectivity index (χ0n) is 12.3. The lowest BCUT2D eigenvalue weighted by atomic mass is 9.91. The lowest BCUT2D eigenvalue weighted by Crippen LogP contribution is -2.46. The number of hydrogen-bond donors (Lipinski definition) is 2. The summed E-state index contributed by atoms with van der Waals surface area (Å²) in [6, 6.07) is 3.62. The molecule has 0 fully saturated rings. The van der Waals surface area contributed by atoms with Crippen molar-refractivity contribution in [3.05, 3.63) is 28.8 Å². The Balaban J connectivity index is 3.20. The third-order valence-corrected chi connectivity index (χ3v) is 5.75. The summed E-state index contributed by atoms with van der Waals surface area (Å²) in [5, 5.41) is 8.81. The van der Waals surface area contributed by atoms with E-state index in [9.17, 15) is 13.2 Å². The molecular formula is C14H20ClNO4S. The molecule has 0 amide bonds. The third-order valence-electron chi connectivity index (χ3n) is 3.86. The second-order valence-corrected chi connectivity index (χ2v) is 6.98. The van der Waals surface area contributed by atoms with Crippen LogP contribution >= 0.6 is 11.6 Å². The van der Waals surface area contributed by atoms with Crippen molar-refractivity contribution in [3.63, 3.8) is 0 Å². The number of sulfonamides is 1. The molecule has 0 aliphatic heterocycles. The van der Waals surface area contributed by atoms with Gasteiger partial charge >= 0.3 is 5.97 Å². The van der Waals surface area contributed by atoms with Gasteiger partial charge in [-0.25, -0.2) is 17.9 Å². The van der Waals surface area contributed by atoms with E-state index in [4.69, 9.17) is 16.7 Å². The van der Waals surface area contributed by atoms with Crippen LogP contribution in [0, 0.1) is 0 Å². The van der Waals surface area contributed by atoms with Crippen LogP contribution in [-0.2, 0) is 10.0 Å². The quantitative estimate of drug-likeness (QED) is 0.802. The maximum atomic E-state index is 12.4. The zero-order valence-corrected chi connectivity index (χ0v) is 13.9. The van der Waals surface area contributed by atoms with Crippen LogP contribution in [0.15, 0.2) is 23.1 Å². The van der Waals surface area contributed by atoms with E-state index in [0.717, 1.165) is 0 Å². The maximum absolute atomic E-state index is 12.4. The molecule has 0 aliphatic rings. The summed E-state index contributed by atoms with van der Waals surface area (Å²) < 4.78 is 27.6. The molecule has 0 unspecified atom stereocenters. The molecule has 2 N–H and O–H groups in total. The first-order valence-corrected chi connectivity index (χ1v) is 8.64. The van der Waals surface area contributed by atoms with Gasteiger partial charge in [-0.15, -0.1) is 0 Å². The van der Waals surface area contributed by atoms with Gasteiger partial charge in [0, 0.05) is 5.54 Å². The molecule has 0 saturated heterocycles. The maximum Gasteiger partial charge on any atom is 0.337 e. The second-order valence-electron chi connectivity index (χ2n) is 4.89. The summed E-state index contributed by atoms with van der Waals surface area (Å²) in [5.41, 5.74) is -0.625. The van der Waals surface area contributed by atoms with E-state index in [1.54, 1.807) is 0 Å². The highest BCUT2D eigenvalue weighted by molar-refractivity contribution is 7.89. The molecule has 1 aromatic carbocycles. The van der Waals surface area contributed by atoms with Crippen molar-refractivity contribution in [2.45, 2.75) is 50.5 Å². The van der Waals surface area contributed by atoms with Crippen LogP contribution in [0.1, 0.15) is 50.4 Å². The van der Waals surface area contributed by atoms with Gasteiger partial charge in [-0.05, 0) is 37.5 Å². The van der Waals surface area contributed by atoms with Gasteiger partial charge in [0.2, 0.25) is 10.0 Å². The molecular weight excluding hydrogens is 314 g/mol. The first-order valence-electron chi connectivity index (χ1n) is 6.78. The number of hydrogen-bond acceptors (Lipinski definition) is 3. The molecule has 1 rings (SSSR count). The number of benzene rings is 1. The predicted molar refractivity (Wildman–Crippen MR) is 82.3 cm³/mol. The highest BCUT2D eigenvalue weighted by atomic mass is 35.5. The molecule has 0 aliphatic carbocycles. The molecule has 0 bridgehead atoms. The molecule has 1 aromatic rings. The average molecular weight is 334 g/mol. The number of rotatable bonds is 7. The van der Waals surface area contributed by atoms with Crippen LogP contribution < -0.4 is 4.72 Å². The zero-order chi connectivity index (χ0) is 16.3. The van der Waals surface area contributed by atoms with Crippen molar-refractivity contribution in [3.8, 4) is 0 Å². The van der Waals surface area contributed by atoms with Crippen LogP contribution in [-0.4, -0.2) is 25.0 Å². The largest absolute Gasteiger partial charge is 0.478 e. The summed E-state index contributed by atoms with van der Waals surface area (Å²) in [5.74, 6) is -1.19. The Morgan fingerprint density at radius 3 is 2.14 bits per heavy atom. The van der Waals surface area contributed by atoms with Crippen LogP contribution in [0.2, 0.25) is 5.02 Å². The molecule has 0 spiro atoms. The highest BCUT2D eigenvalue weighted by Crippen LogP contribution is 2.25. The Morgan fingerprint density at radius 1 is 1.24 bits per heavy atom. The van der Waals surface area contributed by atoms with Crippen molar-refractivity contribution < 1.29 is 18.3 Å². The fraction of sp³-hybridized carbons (Fsp3) is 0.500. The molecule has 7 heteroatoms. The van der Waals surface area contributed by atoms with Gasteiger partial charge in [0.05, 0.1) is 15.5 Å². The first-order chi connectivity index (χ1) is 9.71. The summed E-state index contributed by atoms with van der Waals surface area (Å²) in [6.07, 6.45) is 2.00. The molecule has 0 heterocycles. The Morgan fingerprint density at radius 2 is 1.76 bits per heavy atom. The van der Waals surface area contributed by atoms with Crippen molar-refractivity contribution in [1.29, 1.82) is 0 Å². The molecule has 0 aromatic heterocycles. The Labute approximate surface area is 130 Å². The first kappa shape index (κ1) is 17.9. The summed E-state index contributed by atoms with van der Waals surface area (Å²) in [4.78, 5) is 10.9. The minimum absolute atomic E-state index is 0.0303. The number of nitrogens with one attached hydrogen (secondary N) is 1. The number of carbonyl (C=O) groups is 1. The molecule has 5 nitrogen and oxygen atoms in total. The predicted octanol–water partition coefficient (Wildman–Crippen LogP) is 3.29. The fourth-order valence-electron chi connectivity index (χ4n) is 2.15. The number of aromatic carboxylic acids is 1. The molecule has 0 radical (unpaired) electrons. The van der Waals surface area contributed by atoms with Gasteiger partial charge in [0.15, 0.2) is 0 Å². The highest BCUT2D eigenvalue weighted by Gasteiger charge is 2.30. The SMILES string of the molecule is CCC(CC)(CC)NS(=O)(=O)c1ccc(C(=O)O)c(Cl)c1. The monoisotopic (exact) mass is 333 g/mol. The lowest BCUT2D eigenvalue weighted by molar-refractivity contribution is 0.0697. The standard InChI is InChI=1S/C14H20ClNO4S/c1-4-14(5-2,6-3)16-21(19,20)10-7-8-11(13(17)18)12(15)9-10/h7-9,16H,4-6H2,1-3H3,(H,17,18). The number of carboxylic acid groups (broad SMARTS) is 1. The lowest BCUT2D eigenvalue weighted by Gasteiger charge is -2.31. The van der Waals surface area contributed by atoms with Gasteiger partial charge in [-0.1, -0.05) is 32.4 Å². The van der Waals surface area contributed by atoms with Gasteiger partial charge in [-0.2, -0.15) is 0 Å². The van der Waals surface area contributed by atoms with E-state index in [0.29, 0.717) is 19.3 Å². The van der Waals surface area contributed by atoms with Crippen LogP contribution in [0.4, 0.5) is 0 Å². The summed E-state index contributed by atoms with van der Waals surface area (Å²) in [6.45, 7) is 5.78. The van der Waals surface area contributed by atoms with Crippen molar-refractivity contribution in [2.24, 2.45) is 0 Å². The Hall–Kier alpha value is -1.11. The smallest absolute Gasteiger partial charge is 0.337 e. The van der Waals surface area contributed by atoms with E-state index in [1.165, 1.54) is 18.2 Å². The van der Waals surface area contributed by atoms with E-state index >= 15 is 0 Å². The van der Waals surface area contributed by atoms with Crippen molar-refractivity contribution >= 4 is 27.6 Å². The number of halogens is 1. The minimum atomic E-state index is -3.75. The van der Waals surface area contributed by atoms with Crippen molar-refractivity contribution in [2.75, 3.05) is 0 Å². The van der Waals surface area contributed by atoms with Crippen LogP contribution in [0.5, 0.6) is 0 Å². The Bertz CT molecular complexity index is 616.